The number of aliphatic carboxylic acids is 1. The number of rotatable bonds is 5. The fraction of sp³-hybridized carbons (Fsp3) is 0.273. The second kappa shape index (κ2) is 6.53. The highest BCUT2D eigenvalue weighted by atomic mass is 127. The molecule has 0 heterocycles. The molecule has 0 atom stereocenters. The number of benzene rings is 1. The Kier molecular flexibility index (Phi) is 5.33. The Bertz CT molecular complexity index is 437. The molecule has 0 spiro atoms. The molecule has 92 valence electrons. The van der Waals surface area contributed by atoms with Gasteiger partial charge in [0.25, 0.3) is 5.91 Å². The van der Waals surface area contributed by atoms with Gasteiger partial charge >= 0.3 is 5.97 Å². The second-order valence-corrected chi connectivity index (χ2v) is 4.54. The van der Waals surface area contributed by atoms with Gasteiger partial charge in [0.2, 0.25) is 0 Å². The van der Waals surface area contributed by atoms with Crippen molar-refractivity contribution in [3.8, 4) is 0 Å². The van der Waals surface area contributed by atoms with E-state index in [4.69, 9.17) is 5.11 Å². The first-order chi connectivity index (χ1) is 8.00. The number of carbonyl (C=O) groups excluding carboxylic acids is 1. The first-order valence-corrected chi connectivity index (χ1v) is 6.03. The van der Waals surface area contributed by atoms with Crippen LogP contribution in [0.15, 0.2) is 18.2 Å². The molecule has 0 aliphatic heterocycles. The Balaban J connectivity index is 2.47. The molecular formula is C11H11FINO3. The Morgan fingerprint density at radius 2 is 2.12 bits per heavy atom. The molecule has 0 unspecified atom stereocenters. The van der Waals surface area contributed by atoms with Crippen LogP contribution in [-0.4, -0.2) is 23.5 Å². The predicted octanol–water partition coefficient (Wildman–Crippen LogP) is 2.02. The second-order valence-electron chi connectivity index (χ2n) is 3.38. The first kappa shape index (κ1) is 13.9. The van der Waals surface area contributed by atoms with E-state index in [1.54, 1.807) is 0 Å². The van der Waals surface area contributed by atoms with E-state index in [2.05, 4.69) is 5.32 Å². The van der Waals surface area contributed by atoms with Crippen LogP contribution in [0.4, 0.5) is 4.39 Å². The summed E-state index contributed by atoms with van der Waals surface area (Å²) in [7, 11) is 0. The van der Waals surface area contributed by atoms with Gasteiger partial charge in [-0.3, -0.25) is 9.59 Å². The number of halogens is 2. The van der Waals surface area contributed by atoms with Gasteiger partial charge in [-0.25, -0.2) is 4.39 Å². The lowest BCUT2D eigenvalue weighted by molar-refractivity contribution is -0.137. The molecule has 1 aromatic rings. The van der Waals surface area contributed by atoms with Crippen LogP contribution >= 0.6 is 22.6 Å². The number of carboxylic acid groups (broad SMARTS) is 1. The quantitative estimate of drug-likeness (QED) is 0.630. The zero-order valence-corrected chi connectivity index (χ0v) is 11.0. The average molecular weight is 351 g/mol. The summed E-state index contributed by atoms with van der Waals surface area (Å²) in [5.41, 5.74) is 0.234. The zero-order chi connectivity index (χ0) is 12.8. The summed E-state index contributed by atoms with van der Waals surface area (Å²) in [6.45, 7) is 0.263. The van der Waals surface area contributed by atoms with Crippen molar-refractivity contribution in [2.24, 2.45) is 0 Å². The van der Waals surface area contributed by atoms with Crippen molar-refractivity contribution in [1.29, 1.82) is 0 Å². The molecule has 2 N–H and O–H groups in total. The maximum absolute atomic E-state index is 13.2. The number of carboxylic acids is 1. The van der Waals surface area contributed by atoms with Gasteiger partial charge in [-0.05, 0) is 47.2 Å². The fourth-order valence-electron chi connectivity index (χ4n) is 1.18. The lowest BCUT2D eigenvalue weighted by Gasteiger charge is -2.04. The van der Waals surface area contributed by atoms with Crippen LogP contribution in [0.5, 0.6) is 0 Å². The molecule has 1 amide bonds. The van der Waals surface area contributed by atoms with E-state index in [0.717, 1.165) is 6.07 Å². The summed E-state index contributed by atoms with van der Waals surface area (Å²) in [6.07, 6.45) is 0.356. The normalized spacial score (nSPS) is 10.0. The van der Waals surface area contributed by atoms with Gasteiger partial charge in [0.1, 0.15) is 5.82 Å². The standard InChI is InChI=1S/C11H11FINO3/c12-8-6-7(3-4-9(8)13)11(17)14-5-1-2-10(15)16/h3-4,6H,1-2,5H2,(H,14,17)(H,15,16). The van der Waals surface area contributed by atoms with Gasteiger partial charge in [0, 0.05) is 22.1 Å². The molecular weight excluding hydrogens is 340 g/mol. The molecule has 17 heavy (non-hydrogen) atoms. The molecule has 0 radical (unpaired) electrons. The Morgan fingerprint density at radius 1 is 1.41 bits per heavy atom. The van der Waals surface area contributed by atoms with Crippen LogP contribution in [-0.2, 0) is 4.79 Å². The maximum Gasteiger partial charge on any atom is 0.303 e. The topological polar surface area (TPSA) is 66.4 Å². The summed E-state index contributed by atoms with van der Waals surface area (Å²) in [4.78, 5) is 21.8. The van der Waals surface area contributed by atoms with Crippen LogP contribution in [0.2, 0.25) is 0 Å². The monoisotopic (exact) mass is 351 g/mol. The van der Waals surface area contributed by atoms with E-state index in [-0.39, 0.29) is 18.5 Å². The summed E-state index contributed by atoms with van der Waals surface area (Å²) in [5.74, 6) is -1.74. The molecule has 0 aliphatic carbocycles. The van der Waals surface area contributed by atoms with E-state index in [1.165, 1.54) is 12.1 Å². The smallest absolute Gasteiger partial charge is 0.303 e. The van der Waals surface area contributed by atoms with Crippen LogP contribution in [0.1, 0.15) is 23.2 Å². The van der Waals surface area contributed by atoms with Crippen molar-refractivity contribution in [2.45, 2.75) is 12.8 Å². The molecule has 0 aliphatic rings. The van der Waals surface area contributed by atoms with Crippen molar-refractivity contribution in [1.82, 2.24) is 5.32 Å². The van der Waals surface area contributed by atoms with Gasteiger partial charge in [-0.15, -0.1) is 0 Å². The Labute approximate surface area is 111 Å². The van der Waals surface area contributed by atoms with Crippen LogP contribution in [0.25, 0.3) is 0 Å². The van der Waals surface area contributed by atoms with E-state index >= 15 is 0 Å². The number of hydrogen-bond donors (Lipinski definition) is 2. The molecule has 0 fully saturated rings. The number of amides is 1. The van der Waals surface area contributed by atoms with E-state index in [0.29, 0.717) is 9.99 Å². The predicted molar refractivity (Wildman–Crippen MR) is 68.3 cm³/mol. The Morgan fingerprint density at radius 3 is 2.71 bits per heavy atom. The largest absolute Gasteiger partial charge is 0.481 e. The molecule has 6 heteroatoms. The maximum atomic E-state index is 13.2. The van der Waals surface area contributed by atoms with Gasteiger partial charge in [-0.1, -0.05) is 0 Å². The van der Waals surface area contributed by atoms with Gasteiger partial charge < -0.3 is 10.4 Å². The minimum Gasteiger partial charge on any atom is -0.481 e. The molecule has 1 aromatic carbocycles. The molecule has 1 rings (SSSR count). The fourth-order valence-corrected chi connectivity index (χ4v) is 1.52. The molecule has 0 aromatic heterocycles. The summed E-state index contributed by atoms with van der Waals surface area (Å²) in [6, 6.07) is 4.20. The highest BCUT2D eigenvalue weighted by Gasteiger charge is 2.08. The molecule has 0 saturated heterocycles. The third-order valence-corrected chi connectivity index (χ3v) is 2.91. The van der Waals surface area contributed by atoms with E-state index in [1.807, 2.05) is 22.6 Å². The van der Waals surface area contributed by atoms with Crippen LogP contribution in [0.3, 0.4) is 0 Å². The highest BCUT2D eigenvalue weighted by molar-refractivity contribution is 14.1. The van der Waals surface area contributed by atoms with Crippen molar-refractivity contribution < 1.29 is 19.1 Å². The Hall–Kier alpha value is -1.18. The van der Waals surface area contributed by atoms with Crippen molar-refractivity contribution in [3.05, 3.63) is 33.1 Å². The van der Waals surface area contributed by atoms with Crippen molar-refractivity contribution in [2.75, 3.05) is 6.54 Å². The molecule has 0 bridgehead atoms. The lowest BCUT2D eigenvalue weighted by atomic mass is 10.2. The summed E-state index contributed by atoms with van der Waals surface area (Å²) < 4.78 is 13.6. The SMILES string of the molecule is O=C(O)CCCNC(=O)c1ccc(I)c(F)c1. The number of nitrogens with one attached hydrogen (secondary N) is 1. The number of hydrogen-bond acceptors (Lipinski definition) is 2. The van der Waals surface area contributed by atoms with Gasteiger partial charge in [0.05, 0.1) is 0 Å². The summed E-state index contributed by atoms with van der Waals surface area (Å²) in [5, 5.41) is 10.9. The van der Waals surface area contributed by atoms with Crippen LogP contribution in [0, 0.1) is 9.39 Å². The minimum atomic E-state index is -0.903. The third kappa shape index (κ3) is 4.68. The van der Waals surface area contributed by atoms with Crippen LogP contribution < -0.4 is 5.32 Å². The zero-order valence-electron chi connectivity index (χ0n) is 8.87. The third-order valence-electron chi connectivity index (χ3n) is 2.03. The van der Waals surface area contributed by atoms with E-state index < -0.39 is 17.7 Å². The highest BCUT2D eigenvalue weighted by Crippen LogP contribution is 2.12. The lowest BCUT2D eigenvalue weighted by Crippen LogP contribution is -2.25. The van der Waals surface area contributed by atoms with Crippen molar-refractivity contribution in [3.63, 3.8) is 0 Å². The first-order valence-electron chi connectivity index (χ1n) is 4.95. The van der Waals surface area contributed by atoms with E-state index in [9.17, 15) is 14.0 Å². The summed E-state index contributed by atoms with van der Waals surface area (Å²) >= 11 is 1.83. The van der Waals surface area contributed by atoms with Crippen molar-refractivity contribution >= 4 is 34.5 Å². The van der Waals surface area contributed by atoms with Gasteiger partial charge in [-0.2, -0.15) is 0 Å². The molecule has 0 saturated carbocycles. The van der Waals surface area contributed by atoms with Gasteiger partial charge in [0.15, 0.2) is 0 Å². The average Bonchev–Trinajstić information content (AvgIpc) is 2.27. The molecule has 4 nitrogen and oxygen atoms in total. The minimum absolute atomic E-state index is 0.00132. The number of carbonyl (C=O) groups is 2.